The largest absolute Gasteiger partial charge is 0.371 e. The number of rotatable bonds is 3. The first kappa shape index (κ1) is 21.2. The smallest absolute Gasteiger partial charge is 0.160 e. The Morgan fingerprint density at radius 2 is 1.31 bits per heavy atom. The van der Waals surface area contributed by atoms with Crippen LogP contribution >= 0.6 is 0 Å². The highest BCUT2D eigenvalue weighted by molar-refractivity contribution is 6.98. The van der Waals surface area contributed by atoms with E-state index in [4.69, 9.17) is 0 Å². The molecule has 0 fully saturated rings. The average Bonchev–Trinajstić information content (AvgIpc) is 2.91. The zero-order chi connectivity index (χ0) is 23.8. The van der Waals surface area contributed by atoms with Crippen molar-refractivity contribution in [3.05, 3.63) is 127 Å². The maximum atomic E-state index is 9.57. The normalized spacial score (nSPS) is 16.8. The molecular formula is C31H24N3Si. The topological polar surface area (TPSA) is 39.1 Å². The predicted octanol–water partition coefficient (Wildman–Crippen LogP) is 4.77. The van der Waals surface area contributed by atoms with Gasteiger partial charge in [-0.15, -0.1) is 0 Å². The van der Waals surface area contributed by atoms with Crippen LogP contribution in [0.15, 0.2) is 121 Å². The third-order valence-corrected chi connectivity index (χ3v) is 9.41. The van der Waals surface area contributed by atoms with E-state index < -0.39 is 8.80 Å². The van der Waals surface area contributed by atoms with Gasteiger partial charge in [-0.1, -0.05) is 96.2 Å². The van der Waals surface area contributed by atoms with Crippen LogP contribution in [-0.2, 0) is 0 Å². The number of benzene rings is 4. The maximum absolute atomic E-state index is 9.57. The third kappa shape index (κ3) is 3.67. The number of hydrogen-bond donors (Lipinski definition) is 1. The van der Waals surface area contributed by atoms with Gasteiger partial charge in [0.15, 0.2) is 8.80 Å². The SMILES string of the molecule is CC1C=C(c2ccccc2N2c3ccccc3[Si](c3ccccc3)c3ccccc32)C=C(C#N)N1. The van der Waals surface area contributed by atoms with E-state index in [1.165, 1.54) is 26.9 Å². The lowest BCUT2D eigenvalue weighted by Gasteiger charge is -2.38. The number of allylic oxidation sites excluding steroid dienone is 3. The Labute approximate surface area is 207 Å². The van der Waals surface area contributed by atoms with Crippen LogP contribution in [-0.4, -0.2) is 14.8 Å². The number of fused-ring (bicyclic) bond motifs is 2. The van der Waals surface area contributed by atoms with Gasteiger partial charge in [0.05, 0.1) is 5.69 Å². The summed E-state index contributed by atoms with van der Waals surface area (Å²) in [5, 5.41) is 17.0. The van der Waals surface area contributed by atoms with Crippen LogP contribution < -0.4 is 25.8 Å². The lowest BCUT2D eigenvalue weighted by Crippen LogP contribution is -2.57. The third-order valence-electron chi connectivity index (χ3n) is 6.58. The second-order valence-corrected chi connectivity index (χ2v) is 11.3. The van der Waals surface area contributed by atoms with Crippen molar-refractivity contribution >= 4 is 47.0 Å². The van der Waals surface area contributed by atoms with E-state index >= 15 is 0 Å². The molecule has 0 saturated heterocycles. The van der Waals surface area contributed by atoms with Gasteiger partial charge >= 0.3 is 0 Å². The Hall–Kier alpha value is -4.33. The van der Waals surface area contributed by atoms with Crippen LogP contribution in [0.3, 0.4) is 0 Å². The van der Waals surface area contributed by atoms with Crippen LogP contribution in [0.5, 0.6) is 0 Å². The van der Waals surface area contributed by atoms with Crippen LogP contribution in [0.2, 0.25) is 0 Å². The lowest BCUT2D eigenvalue weighted by molar-refractivity contribution is 0.739. The van der Waals surface area contributed by atoms with E-state index in [1.807, 2.05) is 6.08 Å². The van der Waals surface area contributed by atoms with Gasteiger partial charge in [0, 0.05) is 23.0 Å². The van der Waals surface area contributed by atoms with Gasteiger partial charge in [-0.2, -0.15) is 5.26 Å². The first-order chi connectivity index (χ1) is 17.2. The van der Waals surface area contributed by atoms with Gasteiger partial charge in [0.1, 0.15) is 11.8 Å². The summed E-state index contributed by atoms with van der Waals surface area (Å²) in [6.45, 7) is 2.08. The number of nitrogens with zero attached hydrogens (tertiary/aromatic N) is 2. The van der Waals surface area contributed by atoms with Crippen LogP contribution in [0.25, 0.3) is 5.57 Å². The molecule has 2 heterocycles. The Balaban J connectivity index is 1.59. The van der Waals surface area contributed by atoms with Gasteiger partial charge in [-0.25, -0.2) is 0 Å². The van der Waals surface area contributed by atoms with E-state index in [0.29, 0.717) is 5.70 Å². The highest BCUT2D eigenvalue weighted by Gasteiger charge is 2.34. The van der Waals surface area contributed by atoms with Crippen molar-refractivity contribution in [2.75, 3.05) is 4.90 Å². The van der Waals surface area contributed by atoms with Gasteiger partial charge in [-0.3, -0.25) is 0 Å². The number of nitriles is 1. The Morgan fingerprint density at radius 1 is 0.743 bits per heavy atom. The second-order valence-electron chi connectivity index (χ2n) is 8.85. The molecule has 1 radical (unpaired) electrons. The van der Waals surface area contributed by atoms with Crippen molar-refractivity contribution in [1.29, 1.82) is 5.26 Å². The van der Waals surface area contributed by atoms with E-state index in [9.17, 15) is 5.26 Å². The van der Waals surface area contributed by atoms with Crippen LogP contribution in [0.4, 0.5) is 17.1 Å². The van der Waals surface area contributed by atoms with Crippen molar-refractivity contribution in [3.8, 4) is 6.07 Å². The molecule has 167 valence electrons. The second kappa shape index (κ2) is 8.79. The quantitative estimate of drug-likeness (QED) is 0.390. The average molecular weight is 467 g/mol. The molecule has 0 bridgehead atoms. The lowest BCUT2D eigenvalue weighted by atomic mass is 9.97. The van der Waals surface area contributed by atoms with E-state index in [1.54, 1.807) is 0 Å². The highest BCUT2D eigenvalue weighted by Crippen LogP contribution is 2.40. The monoisotopic (exact) mass is 466 g/mol. The minimum atomic E-state index is -1.16. The summed E-state index contributed by atoms with van der Waals surface area (Å²) >= 11 is 0. The first-order valence-electron chi connectivity index (χ1n) is 11.9. The molecule has 0 aliphatic carbocycles. The van der Waals surface area contributed by atoms with Gasteiger partial charge in [-0.05, 0) is 47.1 Å². The summed E-state index contributed by atoms with van der Waals surface area (Å²) in [5.74, 6) is 0. The van der Waals surface area contributed by atoms with Crippen molar-refractivity contribution < 1.29 is 0 Å². The van der Waals surface area contributed by atoms with Crippen molar-refractivity contribution in [1.82, 2.24) is 5.32 Å². The Bertz CT molecular complexity index is 1470. The summed E-state index contributed by atoms with van der Waals surface area (Å²) in [6, 6.07) is 39.5. The van der Waals surface area contributed by atoms with E-state index in [0.717, 1.165) is 16.8 Å². The fraction of sp³-hybridized carbons (Fsp3) is 0.0645. The molecule has 2 aliphatic rings. The number of hydrogen-bond acceptors (Lipinski definition) is 3. The molecule has 0 spiro atoms. The molecule has 3 nitrogen and oxygen atoms in total. The molecule has 35 heavy (non-hydrogen) atoms. The molecule has 0 saturated carbocycles. The van der Waals surface area contributed by atoms with E-state index in [-0.39, 0.29) is 6.04 Å². The zero-order valence-electron chi connectivity index (χ0n) is 19.4. The first-order valence-corrected chi connectivity index (χ1v) is 13.4. The fourth-order valence-electron chi connectivity index (χ4n) is 5.16. The molecule has 1 unspecified atom stereocenters. The number of nitrogens with one attached hydrogen (secondary N) is 1. The minimum absolute atomic E-state index is 0.0894. The highest BCUT2D eigenvalue weighted by atomic mass is 28.3. The Morgan fingerprint density at radius 3 is 1.97 bits per heavy atom. The molecule has 1 N–H and O–H groups in total. The molecule has 2 aliphatic heterocycles. The molecule has 4 aromatic carbocycles. The molecular weight excluding hydrogens is 442 g/mol. The fourth-order valence-corrected chi connectivity index (χ4v) is 8.02. The van der Waals surface area contributed by atoms with Crippen molar-refractivity contribution in [2.24, 2.45) is 0 Å². The minimum Gasteiger partial charge on any atom is -0.371 e. The summed E-state index contributed by atoms with van der Waals surface area (Å²) in [4.78, 5) is 2.41. The Kier molecular flexibility index (Phi) is 5.33. The zero-order valence-corrected chi connectivity index (χ0v) is 20.4. The molecule has 1 atom stereocenters. The van der Waals surface area contributed by atoms with Gasteiger partial charge < -0.3 is 10.2 Å². The summed E-state index contributed by atoms with van der Waals surface area (Å²) in [5.41, 5.74) is 6.35. The predicted molar refractivity (Wildman–Crippen MR) is 146 cm³/mol. The molecule has 0 aromatic heterocycles. The molecule has 6 rings (SSSR count). The van der Waals surface area contributed by atoms with Gasteiger partial charge in [0.25, 0.3) is 0 Å². The molecule has 0 amide bonds. The van der Waals surface area contributed by atoms with Crippen LogP contribution in [0, 0.1) is 11.3 Å². The maximum Gasteiger partial charge on any atom is 0.160 e. The van der Waals surface area contributed by atoms with Gasteiger partial charge in [0.2, 0.25) is 0 Å². The standard InChI is InChI=1S/C31H24N3Si/c1-22-19-23(20-24(21-32)33-22)26-13-5-6-14-27(26)34-28-15-7-9-17-30(28)35(25-11-3-2-4-12-25)31-18-10-8-16-29(31)34/h2-20,22,33H,1H3. The van der Waals surface area contributed by atoms with Crippen molar-refractivity contribution in [2.45, 2.75) is 13.0 Å². The molecule has 4 aromatic rings. The summed E-state index contributed by atoms with van der Waals surface area (Å²) in [7, 11) is -1.16. The number of dihydropyridines is 1. The molecule has 4 heteroatoms. The van der Waals surface area contributed by atoms with E-state index in [2.05, 4.69) is 132 Å². The van der Waals surface area contributed by atoms with Crippen LogP contribution in [0.1, 0.15) is 12.5 Å². The van der Waals surface area contributed by atoms with Crippen molar-refractivity contribution in [3.63, 3.8) is 0 Å². The number of para-hydroxylation sites is 3. The summed E-state index contributed by atoms with van der Waals surface area (Å²) in [6.07, 6.45) is 4.15. The summed E-state index contributed by atoms with van der Waals surface area (Å²) < 4.78 is 0. The number of anilines is 3.